The number of hydrogen-bond donors (Lipinski definition) is 1. The lowest BCUT2D eigenvalue weighted by Crippen LogP contribution is -2.28. The maximum atomic E-state index is 6.17. The summed E-state index contributed by atoms with van der Waals surface area (Å²) in [5.41, 5.74) is 3.79. The van der Waals surface area contributed by atoms with E-state index < -0.39 is 0 Å². The highest BCUT2D eigenvalue weighted by Gasteiger charge is 2.37. The van der Waals surface area contributed by atoms with E-state index in [1.54, 1.807) is 0 Å². The third kappa shape index (κ3) is 2.25. The van der Waals surface area contributed by atoms with Gasteiger partial charge in [0.25, 0.3) is 0 Å². The van der Waals surface area contributed by atoms with Gasteiger partial charge in [-0.1, -0.05) is 47.5 Å². The van der Waals surface area contributed by atoms with Crippen molar-refractivity contribution in [1.29, 1.82) is 0 Å². The number of benzene rings is 2. The molecule has 1 heterocycles. The summed E-state index contributed by atoms with van der Waals surface area (Å²) in [6, 6.07) is 14.6. The van der Waals surface area contributed by atoms with Crippen LogP contribution in [0.3, 0.4) is 0 Å². The molecule has 1 aliphatic carbocycles. The van der Waals surface area contributed by atoms with Gasteiger partial charge in [-0.3, -0.25) is 0 Å². The minimum absolute atomic E-state index is 0.316. The summed E-state index contributed by atoms with van der Waals surface area (Å²) in [6.45, 7) is 0. The zero-order valence-corrected chi connectivity index (χ0v) is 12.9. The molecule has 2 aromatic carbocycles. The Morgan fingerprint density at radius 3 is 2.52 bits per heavy atom. The monoisotopic (exact) mass is 315 g/mol. The van der Waals surface area contributed by atoms with Gasteiger partial charge in [0.1, 0.15) is 0 Å². The van der Waals surface area contributed by atoms with Gasteiger partial charge in [0.2, 0.25) is 0 Å². The van der Waals surface area contributed by atoms with Crippen LogP contribution in [0.5, 0.6) is 0 Å². The van der Waals surface area contributed by atoms with Gasteiger partial charge in [-0.25, -0.2) is 0 Å². The van der Waals surface area contributed by atoms with Gasteiger partial charge < -0.3 is 5.32 Å². The minimum atomic E-state index is 0.316. The van der Waals surface area contributed by atoms with Crippen LogP contribution in [0.2, 0.25) is 10.0 Å². The summed E-state index contributed by atoms with van der Waals surface area (Å²) < 4.78 is 0. The Bertz CT molecular complexity index is 706. The Labute approximate surface area is 134 Å². The van der Waals surface area contributed by atoms with E-state index in [0.717, 1.165) is 16.5 Å². The highest BCUT2D eigenvalue weighted by Crippen LogP contribution is 2.50. The van der Waals surface area contributed by atoms with E-state index in [1.165, 1.54) is 16.8 Å². The lowest BCUT2D eigenvalue weighted by Gasteiger charge is -2.37. The molecule has 106 valence electrons. The van der Waals surface area contributed by atoms with Gasteiger partial charge in [0, 0.05) is 21.7 Å². The molecule has 0 saturated heterocycles. The predicted molar refractivity (Wildman–Crippen MR) is 89.3 cm³/mol. The Kier molecular flexibility index (Phi) is 3.20. The number of nitrogens with one attached hydrogen (secondary N) is 1. The van der Waals surface area contributed by atoms with Gasteiger partial charge in [0.05, 0.1) is 6.04 Å². The van der Waals surface area contributed by atoms with Crippen LogP contribution in [0, 0.1) is 5.92 Å². The number of anilines is 1. The van der Waals surface area contributed by atoms with Crippen molar-refractivity contribution >= 4 is 28.9 Å². The Morgan fingerprint density at radius 1 is 0.952 bits per heavy atom. The maximum absolute atomic E-state index is 6.17. The second-order valence-electron chi connectivity index (χ2n) is 5.76. The maximum Gasteiger partial charge on any atom is 0.0553 e. The molecule has 3 atom stereocenters. The third-order valence-corrected chi connectivity index (χ3v) is 5.04. The van der Waals surface area contributed by atoms with Crippen LogP contribution in [0.4, 0.5) is 5.69 Å². The number of halogens is 2. The smallest absolute Gasteiger partial charge is 0.0553 e. The second-order valence-corrected chi connectivity index (χ2v) is 6.63. The van der Waals surface area contributed by atoms with Crippen LogP contribution in [-0.2, 0) is 0 Å². The van der Waals surface area contributed by atoms with Crippen LogP contribution in [0.1, 0.15) is 29.5 Å². The number of fused-ring (bicyclic) bond motifs is 3. The van der Waals surface area contributed by atoms with E-state index in [-0.39, 0.29) is 0 Å². The molecule has 0 aromatic heterocycles. The molecule has 3 heteroatoms. The first-order valence-electron chi connectivity index (χ1n) is 7.20. The molecule has 21 heavy (non-hydrogen) atoms. The molecule has 0 amide bonds. The van der Waals surface area contributed by atoms with Gasteiger partial charge in [-0.2, -0.15) is 0 Å². The van der Waals surface area contributed by atoms with E-state index in [9.17, 15) is 0 Å². The van der Waals surface area contributed by atoms with E-state index >= 15 is 0 Å². The van der Waals surface area contributed by atoms with Crippen molar-refractivity contribution in [2.45, 2.75) is 18.4 Å². The zero-order chi connectivity index (χ0) is 14.4. The summed E-state index contributed by atoms with van der Waals surface area (Å²) in [6.07, 6.45) is 5.70. The third-order valence-electron chi connectivity index (χ3n) is 4.55. The Balaban J connectivity index is 1.78. The van der Waals surface area contributed by atoms with Gasteiger partial charge in [-0.15, -0.1) is 0 Å². The first kappa shape index (κ1) is 13.2. The average molecular weight is 316 g/mol. The SMILES string of the molecule is Clc1ccc([C@@H]2Nc3ccc(Cl)cc3[C@@H]3C=CC[C@@H]32)cc1. The molecule has 2 aliphatic rings. The van der Waals surface area contributed by atoms with Gasteiger partial charge in [-0.05, 0) is 53.8 Å². The summed E-state index contributed by atoms with van der Waals surface area (Å²) in [4.78, 5) is 0. The van der Waals surface area contributed by atoms with Crippen molar-refractivity contribution in [3.8, 4) is 0 Å². The minimum Gasteiger partial charge on any atom is -0.378 e. The molecule has 1 aliphatic heterocycles. The summed E-state index contributed by atoms with van der Waals surface area (Å²) in [7, 11) is 0. The highest BCUT2D eigenvalue weighted by atomic mass is 35.5. The fraction of sp³-hybridized carbons (Fsp3) is 0.222. The number of hydrogen-bond acceptors (Lipinski definition) is 1. The number of allylic oxidation sites excluding steroid dienone is 2. The predicted octanol–water partition coefficient (Wildman–Crippen LogP) is 5.82. The molecular weight excluding hydrogens is 301 g/mol. The van der Waals surface area contributed by atoms with Crippen LogP contribution in [-0.4, -0.2) is 0 Å². The zero-order valence-electron chi connectivity index (χ0n) is 11.4. The van der Waals surface area contributed by atoms with E-state index in [2.05, 4.69) is 41.7 Å². The van der Waals surface area contributed by atoms with Crippen molar-refractivity contribution in [2.24, 2.45) is 5.92 Å². The molecule has 0 saturated carbocycles. The largest absolute Gasteiger partial charge is 0.378 e. The molecular formula is C18H15Cl2N. The molecule has 0 bridgehead atoms. The normalized spacial score (nSPS) is 26.1. The molecule has 4 rings (SSSR count). The van der Waals surface area contributed by atoms with Crippen molar-refractivity contribution in [1.82, 2.24) is 0 Å². The van der Waals surface area contributed by atoms with Crippen LogP contribution >= 0.6 is 23.2 Å². The first-order chi connectivity index (χ1) is 10.2. The summed E-state index contributed by atoms with van der Waals surface area (Å²) in [5.74, 6) is 0.984. The van der Waals surface area contributed by atoms with Gasteiger partial charge >= 0.3 is 0 Å². The molecule has 0 fully saturated rings. The van der Waals surface area contributed by atoms with Crippen molar-refractivity contribution in [3.63, 3.8) is 0 Å². The van der Waals surface area contributed by atoms with Crippen LogP contribution in [0.25, 0.3) is 0 Å². The lowest BCUT2D eigenvalue weighted by molar-refractivity contribution is 0.425. The van der Waals surface area contributed by atoms with Crippen molar-refractivity contribution in [3.05, 3.63) is 75.8 Å². The molecule has 0 radical (unpaired) electrons. The van der Waals surface area contributed by atoms with Crippen molar-refractivity contribution < 1.29 is 0 Å². The van der Waals surface area contributed by atoms with E-state index in [4.69, 9.17) is 23.2 Å². The van der Waals surface area contributed by atoms with Crippen LogP contribution in [0.15, 0.2) is 54.6 Å². The molecule has 1 nitrogen and oxygen atoms in total. The van der Waals surface area contributed by atoms with Crippen LogP contribution < -0.4 is 5.32 Å². The quantitative estimate of drug-likeness (QED) is 0.654. The Hall–Kier alpha value is -1.44. The average Bonchev–Trinajstić information content (AvgIpc) is 2.97. The fourth-order valence-corrected chi connectivity index (χ4v) is 3.87. The molecule has 1 N–H and O–H groups in total. The molecule has 2 aromatic rings. The summed E-state index contributed by atoms with van der Waals surface area (Å²) in [5, 5.41) is 5.28. The highest BCUT2D eigenvalue weighted by molar-refractivity contribution is 6.31. The van der Waals surface area contributed by atoms with E-state index in [0.29, 0.717) is 17.9 Å². The summed E-state index contributed by atoms with van der Waals surface area (Å²) >= 11 is 12.2. The first-order valence-corrected chi connectivity index (χ1v) is 7.96. The fourth-order valence-electron chi connectivity index (χ4n) is 3.57. The molecule has 0 unspecified atom stereocenters. The molecule has 0 spiro atoms. The Morgan fingerprint density at radius 2 is 1.71 bits per heavy atom. The van der Waals surface area contributed by atoms with Crippen molar-refractivity contribution in [2.75, 3.05) is 5.32 Å². The standard InChI is InChI=1S/C18H15Cl2N/c19-12-6-4-11(5-7-12)18-15-3-1-2-14(15)16-10-13(20)8-9-17(16)21-18/h1-2,4-10,14-15,18,21H,3H2/t14-,15+,18+/m1/s1. The number of rotatable bonds is 1. The lowest BCUT2D eigenvalue weighted by atomic mass is 9.77. The second kappa shape index (κ2) is 5.08. The van der Waals surface area contributed by atoms with E-state index in [1.807, 2.05) is 18.2 Å². The van der Waals surface area contributed by atoms with Gasteiger partial charge in [0.15, 0.2) is 0 Å². The topological polar surface area (TPSA) is 12.0 Å².